The molecule has 0 spiro atoms. The third-order valence-corrected chi connectivity index (χ3v) is 13.8. The van der Waals surface area contributed by atoms with Crippen LogP contribution in [0.25, 0.3) is 0 Å². The first-order chi connectivity index (χ1) is 20.2. The summed E-state index contributed by atoms with van der Waals surface area (Å²) >= 11 is 0. The second-order valence-electron chi connectivity index (χ2n) is 12.3. The maximum Gasteiger partial charge on any atom is 0.261 e. The summed E-state index contributed by atoms with van der Waals surface area (Å²) < 4.78 is 12.8. The van der Waals surface area contributed by atoms with Crippen LogP contribution in [0.5, 0.6) is 5.88 Å². The van der Waals surface area contributed by atoms with Crippen LogP contribution >= 0.6 is 0 Å². The lowest BCUT2D eigenvalue weighted by atomic mass is 9.71. The van der Waals surface area contributed by atoms with Crippen molar-refractivity contribution in [1.29, 1.82) is 0 Å². The Hall–Kier alpha value is -3.66. The Bertz CT molecular complexity index is 1370. The average Bonchev–Trinajstić information content (AvgIpc) is 3.00. The maximum absolute atomic E-state index is 7.38. The number of rotatable bonds is 8. The van der Waals surface area contributed by atoms with Crippen molar-refractivity contribution in [2.45, 2.75) is 57.2 Å². The number of nitrogens with two attached hydrogens (primary N) is 2. The molecular weight excluding hydrogens is 540 g/mol. The standard InChI is InChI=1S/C33H44N6O2Si/c1-32(2,3)42(25-15-7-5-8-16-25,26-17-9-6-10-18-26)41-23-24-14-11-12-19-27(24)33(35)29(34)22-37-31(39-33)38-28-20-13-21-36-30(28)40-4/h5-10,13,15-18,20-22,24,27H,11-12,14,19,23,34-35H2,1-4H3,(H2,37,38,39)/t24-,27-,33?/m1/s1. The van der Waals surface area contributed by atoms with Gasteiger partial charge in [0.1, 0.15) is 5.69 Å². The summed E-state index contributed by atoms with van der Waals surface area (Å²) in [5.74, 6) is 1.18. The van der Waals surface area contributed by atoms with Crippen molar-refractivity contribution in [3.05, 3.63) is 90.9 Å². The van der Waals surface area contributed by atoms with Crippen LogP contribution in [-0.2, 0) is 4.43 Å². The van der Waals surface area contributed by atoms with Crippen molar-refractivity contribution in [3.63, 3.8) is 0 Å². The molecule has 9 heteroatoms. The number of aromatic nitrogens is 1. The molecule has 3 atom stereocenters. The summed E-state index contributed by atoms with van der Waals surface area (Å²) in [5, 5.41) is 8.90. The lowest BCUT2D eigenvalue weighted by Crippen LogP contribution is -2.67. The molecule has 8 nitrogen and oxygen atoms in total. The van der Waals surface area contributed by atoms with Gasteiger partial charge < -0.3 is 31.3 Å². The van der Waals surface area contributed by atoms with Gasteiger partial charge in [0.25, 0.3) is 8.32 Å². The van der Waals surface area contributed by atoms with Gasteiger partial charge in [0, 0.05) is 24.9 Å². The summed E-state index contributed by atoms with van der Waals surface area (Å²) in [6.45, 7) is 7.52. The Morgan fingerprint density at radius 3 is 2.24 bits per heavy atom. The van der Waals surface area contributed by atoms with E-state index in [9.17, 15) is 0 Å². The van der Waals surface area contributed by atoms with Crippen molar-refractivity contribution in [1.82, 2.24) is 10.3 Å². The van der Waals surface area contributed by atoms with Gasteiger partial charge in [0.05, 0.1) is 12.8 Å². The van der Waals surface area contributed by atoms with Crippen LogP contribution in [0.4, 0.5) is 5.69 Å². The van der Waals surface area contributed by atoms with Gasteiger partial charge in [0.15, 0.2) is 5.66 Å². The van der Waals surface area contributed by atoms with Crippen LogP contribution in [0.2, 0.25) is 5.04 Å². The molecular formula is C33H44N6O2Si. The minimum Gasteiger partial charge on any atom is -0.480 e. The predicted molar refractivity (Wildman–Crippen MR) is 173 cm³/mol. The first-order valence-corrected chi connectivity index (χ1v) is 16.7. The molecule has 42 heavy (non-hydrogen) atoms. The molecule has 0 amide bonds. The number of ether oxygens (including phenoxy) is 1. The topological polar surface area (TPSA) is 120 Å². The molecule has 1 unspecified atom stereocenters. The molecule has 222 valence electrons. The molecule has 2 aromatic carbocycles. The molecule has 1 saturated carbocycles. The van der Waals surface area contributed by atoms with Crippen LogP contribution in [0.15, 0.2) is 95.9 Å². The normalized spacial score (nSPS) is 22.9. The summed E-state index contributed by atoms with van der Waals surface area (Å²) in [4.78, 5) is 9.28. The highest BCUT2D eigenvalue weighted by Crippen LogP contribution is 2.43. The average molecular weight is 585 g/mol. The van der Waals surface area contributed by atoms with Gasteiger partial charge in [-0.05, 0) is 46.3 Å². The molecule has 2 aliphatic rings. The van der Waals surface area contributed by atoms with Crippen molar-refractivity contribution in [2.75, 3.05) is 19.0 Å². The van der Waals surface area contributed by atoms with Gasteiger partial charge in [-0.1, -0.05) is 94.3 Å². The Morgan fingerprint density at radius 1 is 0.976 bits per heavy atom. The zero-order valence-electron chi connectivity index (χ0n) is 25.1. The monoisotopic (exact) mass is 584 g/mol. The van der Waals surface area contributed by atoms with Crippen molar-refractivity contribution >= 4 is 30.3 Å². The smallest absolute Gasteiger partial charge is 0.261 e. The number of aliphatic imine (C=N–C) groups is 1. The predicted octanol–water partition coefficient (Wildman–Crippen LogP) is 4.30. The minimum atomic E-state index is -2.70. The van der Waals surface area contributed by atoms with E-state index in [1.54, 1.807) is 19.5 Å². The van der Waals surface area contributed by atoms with E-state index in [0.29, 0.717) is 29.8 Å². The molecule has 0 bridgehead atoms. The molecule has 5 rings (SSSR count). The van der Waals surface area contributed by atoms with Gasteiger partial charge in [-0.25, -0.2) is 9.98 Å². The zero-order valence-corrected chi connectivity index (χ0v) is 26.1. The number of benzene rings is 2. The van der Waals surface area contributed by atoms with E-state index in [4.69, 9.17) is 25.6 Å². The van der Waals surface area contributed by atoms with Gasteiger partial charge in [-0.15, -0.1) is 0 Å². The molecule has 6 N–H and O–H groups in total. The van der Waals surface area contributed by atoms with Gasteiger partial charge >= 0.3 is 0 Å². The minimum absolute atomic E-state index is 0.00964. The fraction of sp³-hybridized carbons (Fsp3) is 0.394. The lowest BCUT2D eigenvalue weighted by Gasteiger charge is -2.47. The van der Waals surface area contributed by atoms with Crippen LogP contribution in [-0.4, -0.2) is 38.6 Å². The van der Waals surface area contributed by atoms with Gasteiger partial charge in [0.2, 0.25) is 11.8 Å². The van der Waals surface area contributed by atoms with Crippen LogP contribution < -0.4 is 37.2 Å². The lowest BCUT2D eigenvalue weighted by molar-refractivity contribution is 0.0989. The molecule has 1 aliphatic carbocycles. The van der Waals surface area contributed by atoms with E-state index >= 15 is 0 Å². The van der Waals surface area contributed by atoms with E-state index in [2.05, 4.69) is 97.1 Å². The fourth-order valence-corrected chi connectivity index (χ4v) is 11.3. The number of pyridine rings is 1. The fourth-order valence-electron chi connectivity index (χ4n) is 6.66. The molecule has 3 aromatic rings. The highest BCUT2D eigenvalue weighted by molar-refractivity contribution is 6.99. The third-order valence-electron chi connectivity index (χ3n) is 8.75. The van der Waals surface area contributed by atoms with Crippen molar-refractivity contribution in [2.24, 2.45) is 28.3 Å². The zero-order chi connectivity index (χ0) is 29.8. The largest absolute Gasteiger partial charge is 0.480 e. The van der Waals surface area contributed by atoms with Crippen molar-refractivity contribution < 1.29 is 9.16 Å². The van der Waals surface area contributed by atoms with E-state index in [1.807, 2.05) is 12.1 Å². The summed E-state index contributed by atoms with van der Waals surface area (Å²) in [6.07, 6.45) is 7.58. The number of anilines is 1. The molecule has 1 aromatic heterocycles. The summed E-state index contributed by atoms with van der Waals surface area (Å²) in [6, 6.07) is 25.3. The van der Waals surface area contributed by atoms with Crippen LogP contribution in [0, 0.1) is 11.8 Å². The van der Waals surface area contributed by atoms with Crippen molar-refractivity contribution in [3.8, 4) is 5.88 Å². The second-order valence-corrected chi connectivity index (χ2v) is 16.6. The van der Waals surface area contributed by atoms with E-state index < -0.39 is 14.0 Å². The first-order valence-electron chi connectivity index (χ1n) is 14.8. The highest BCUT2D eigenvalue weighted by atomic mass is 28.4. The van der Waals surface area contributed by atoms with E-state index in [1.165, 1.54) is 10.4 Å². The third kappa shape index (κ3) is 5.69. The first kappa shape index (κ1) is 29.8. The molecule has 0 radical (unpaired) electrons. The van der Waals surface area contributed by atoms with Crippen LogP contribution in [0.3, 0.4) is 0 Å². The summed E-state index contributed by atoms with van der Waals surface area (Å²) in [5.41, 5.74) is 13.9. The number of guanidine groups is 1. The Kier molecular flexibility index (Phi) is 8.72. The Labute approximate surface area is 250 Å². The van der Waals surface area contributed by atoms with E-state index in [-0.39, 0.29) is 16.9 Å². The summed E-state index contributed by atoms with van der Waals surface area (Å²) in [7, 11) is -1.11. The Morgan fingerprint density at radius 2 is 1.62 bits per heavy atom. The highest BCUT2D eigenvalue weighted by Gasteiger charge is 2.52. The Balaban J connectivity index is 1.48. The maximum atomic E-state index is 7.38. The molecule has 1 aliphatic heterocycles. The number of methoxy groups -OCH3 is 1. The molecule has 0 saturated heterocycles. The number of hydrogen-bond acceptors (Lipinski definition) is 8. The molecule has 1 fully saturated rings. The number of hydrogen-bond donors (Lipinski definition) is 4. The quantitative estimate of drug-likeness (QED) is 0.292. The number of nitrogens with one attached hydrogen (secondary N) is 2. The van der Waals surface area contributed by atoms with Gasteiger partial charge in [-0.2, -0.15) is 0 Å². The second kappa shape index (κ2) is 12.3. The van der Waals surface area contributed by atoms with E-state index in [0.717, 1.165) is 25.7 Å². The SMILES string of the molecule is COc1ncccc1NC1=NC(N)([C@@H]2CCCC[C@@H]2CO[Si](c2ccccc2)(c2ccccc2)C(C)(C)C)C(N)=CN1. The number of nitrogens with zero attached hydrogens (tertiary/aromatic N) is 2. The van der Waals surface area contributed by atoms with Gasteiger partial charge in [-0.3, -0.25) is 0 Å². The van der Waals surface area contributed by atoms with Crippen LogP contribution in [0.1, 0.15) is 46.5 Å². The molecule has 2 heterocycles.